The molecule has 3 atom stereocenters. The van der Waals surface area contributed by atoms with Crippen LogP contribution < -0.4 is 16.0 Å². The first-order valence-corrected chi connectivity index (χ1v) is 11.0. The number of nitrogens with one attached hydrogen (secondary N) is 3. The summed E-state index contributed by atoms with van der Waals surface area (Å²) < 4.78 is 0.877. The van der Waals surface area contributed by atoms with Crippen LogP contribution in [0.15, 0.2) is 53.0 Å². The molecule has 0 radical (unpaired) electrons. The predicted molar refractivity (Wildman–Crippen MR) is 120 cm³/mol. The van der Waals surface area contributed by atoms with Crippen LogP contribution in [0, 0.1) is 5.92 Å². The second-order valence-electron chi connectivity index (χ2n) is 7.62. The fourth-order valence-electron chi connectivity index (χ4n) is 3.74. The van der Waals surface area contributed by atoms with Crippen LogP contribution in [0.4, 0.5) is 10.5 Å². The first kappa shape index (κ1) is 21.4. The lowest BCUT2D eigenvalue weighted by Gasteiger charge is -2.30. The summed E-state index contributed by atoms with van der Waals surface area (Å²) in [5, 5.41) is 8.86. The number of halogens is 1. The lowest BCUT2D eigenvalue weighted by atomic mass is 9.87. The molecule has 5 nitrogen and oxygen atoms in total. The van der Waals surface area contributed by atoms with Gasteiger partial charge in [0.05, 0.1) is 6.04 Å². The molecular weight excluding hydrogens is 430 g/mol. The van der Waals surface area contributed by atoms with Gasteiger partial charge in [0, 0.05) is 10.2 Å². The number of carbonyl (C=O) groups is 2. The molecule has 0 heterocycles. The van der Waals surface area contributed by atoms with Gasteiger partial charge >= 0.3 is 6.03 Å². The molecule has 0 aromatic heterocycles. The first-order chi connectivity index (χ1) is 14.0. The first-order valence-electron chi connectivity index (χ1n) is 10.2. The molecule has 0 aliphatic heterocycles. The standard InChI is InChI=1S/C23H28BrN3O2/c1-3-15(2)21(27-23(29)25-18-11-7-10-17(24)14-18)22(28)26-20-13-6-9-16-8-4-5-12-19(16)20/h4-5,7-8,10-12,14-15,20-21H,3,6,9,13H2,1-2H3,(H,26,28)(H2,25,27,29). The largest absolute Gasteiger partial charge is 0.347 e. The van der Waals surface area contributed by atoms with Crippen molar-refractivity contribution in [2.45, 2.75) is 51.6 Å². The molecule has 1 aliphatic rings. The van der Waals surface area contributed by atoms with E-state index in [2.05, 4.69) is 44.0 Å². The van der Waals surface area contributed by atoms with E-state index in [-0.39, 0.29) is 23.9 Å². The fourth-order valence-corrected chi connectivity index (χ4v) is 4.14. The molecule has 0 saturated carbocycles. The molecule has 0 spiro atoms. The smallest absolute Gasteiger partial charge is 0.319 e. The number of fused-ring (bicyclic) bond motifs is 1. The molecule has 3 amide bonds. The van der Waals surface area contributed by atoms with Crippen molar-refractivity contribution in [1.29, 1.82) is 0 Å². The van der Waals surface area contributed by atoms with E-state index in [1.165, 1.54) is 11.1 Å². The minimum atomic E-state index is -0.596. The van der Waals surface area contributed by atoms with Gasteiger partial charge in [0.25, 0.3) is 0 Å². The Morgan fingerprint density at radius 2 is 1.97 bits per heavy atom. The van der Waals surface area contributed by atoms with Gasteiger partial charge in [-0.3, -0.25) is 4.79 Å². The van der Waals surface area contributed by atoms with Crippen LogP contribution in [0.25, 0.3) is 0 Å². The maximum atomic E-state index is 13.1. The number of hydrogen-bond acceptors (Lipinski definition) is 2. The van der Waals surface area contributed by atoms with Crippen LogP contribution in [-0.4, -0.2) is 18.0 Å². The van der Waals surface area contributed by atoms with Crippen LogP contribution >= 0.6 is 15.9 Å². The molecule has 0 bridgehead atoms. The molecule has 2 aromatic carbocycles. The lowest BCUT2D eigenvalue weighted by Crippen LogP contribution is -2.52. The van der Waals surface area contributed by atoms with Crippen molar-refractivity contribution in [2.24, 2.45) is 5.92 Å². The highest BCUT2D eigenvalue weighted by Crippen LogP contribution is 2.29. The van der Waals surface area contributed by atoms with E-state index in [0.29, 0.717) is 5.69 Å². The van der Waals surface area contributed by atoms with E-state index in [9.17, 15) is 9.59 Å². The topological polar surface area (TPSA) is 70.2 Å². The van der Waals surface area contributed by atoms with Crippen LogP contribution in [0.1, 0.15) is 50.3 Å². The normalized spacial score (nSPS) is 17.6. The van der Waals surface area contributed by atoms with Crippen molar-refractivity contribution >= 4 is 33.6 Å². The number of carbonyl (C=O) groups excluding carboxylic acids is 2. The Kier molecular flexibility index (Phi) is 7.31. The molecule has 3 N–H and O–H groups in total. The van der Waals surface area contributed by atoms with E-state index >= 15 is 0 Å². The molecule has 0 fully saturated rings. The van der Waals surface area contributed by atoms with Crippen molar-refractivity contribution in [3.8, 4) is 0 Å². The average molecular weight is 458 g/mol. The summed E-state index contributed by atoms with van der Waals surface area (Å²) in [5.41, 5.74) is 3.15. The second kappa shape index (κ2) is 9.92. The number of aryl methyl sites for hydroxylation is 1. The Bertz CT molecular complexity index is 871. The SMILES string of the molecule is CCC(C)C(NC(=O)Nc1cccc(Br)c1)C(=O)NC1CCCc2ccccc21. The highest BCUT2D eigenvalue weighted by molar-refractivity contribution is 9.10. The molecule has 154 valence electrons. The monoisotopic (exact) mass is 457 g/mol. The zero-order chi connectivity index (χ0) is 20.8. The summed E-state index contributed by atoms with van der Waals surface area (Å²) >= 11 is 3.39. The van der Waals surface area contributed by atoms with Gasteiger partial charge in [0.15, 0.2) is 0 Å². The van der Waals surface area contributed by atoms with E-state index in [1.807, 2.05) is 50.2 Å². The van der Waals surface area contributed by atoms with Gasteiger partial charge in [0.1, 0.15) is 6.04 Å². The van der Waals surface area contributed by atoms with Crippen molar-refractivity contribution in [2.75, 3.05) is 5.32 Å². The summed E-state index contributed by atoms with van der Waals surface area (Å²) in [5.74, 6) is -0.118. The number of amides is 3. The third-order valence-corrected chi connectivity index (χ3v) is 6.04. The molecule has 3 unspecified atom stereocenters. The number of rotatable bonds is 6. The molecule has 6 heteroatoms. The Morgan fingerprint density at radius 1 is 1.17 bits per heavy atom. The van der Waals surface area contributed by atoms with Crippen LogP contribution in [-0.2, 0) is 11.2 Å². The van der Waals surface area contributed by atoms with Crippen molar-refractivity contribution < 1.29 is 9.59 Å². The molecular formula is C23H28BrN3O2. The van der Waals surface area contributed by atoms with Crippen LogP contribution in [0.2, 0.25) is 0 Å². The maximum absolute atomic E-state index is 13.1. The van der Waals surface area contributed by atoms with Crippen molar-refractivity contribution in [1.82, 2.24) is 10.6 Å². The molecule has 3 rings (SSSR count). The third kappa shape index (κ3) is 5.60. The van der Waals surface area contributed by atoms with Gasteiger partial charge in [-0.1, -0.05) is 66.5 Å². The lowest BCUT2D eigenvalue weighted by molar-refractivity contribution is -0.124. The van der Waals surface area contributed by atoms with E-state index in [0.717, 1.165) is 30.2 Å². The Balaban J connectivity index is 1.68. The summed E-state index contributed by atoms with van der Waals surface area (Å²) in [6.07, 6.45) is 3.80. The number of urea groups is 1. The predicted octanol–water partition coefficient (Wildman–Crippen LogP) is 5.18. The highest BCUT2D eigenvalue weighted by atomic mass is 79.9. The van der Waals surface area contributed by atoms with E-state index in [1.54, 1.807) is 0 Å². The Hall–Kier alpha value is -2.34. The minimum absolute atomic E-state index is 0.00561. The van der Waals surface area contributed by atoms with Gasteiger partial charge in [-0.2, -0.15) is 0 Å². The fraction of sp³-hybridized carbons (Fsp3) is 0.391. The number of anilines is 1. The second-order valence-corrected chi connectivity index (χ2v) is 8.54. The highest BCUT2D eigenvalue weighted by Gasteiger charge is 2.29. The van der Waals surface area contributed by atoms with E-state index < -0.39 is 6.04 Å². The zero-order valence-electron chi connectivity index (χ0n) is 16.9. The molecule has 0 saturated heterocycles. The Morgan fingerprint density at radius 3 is 2.72 bits per heavy atom. The summed E-state index contributed by atoms with van der Waals surface area (Å²) in [6.45, 7) is 4.01. The quantitative estimate of drug-likeness (QED) is 0.559. The van der Waals surface area contributed by atoms with Gasteiger partial charge < -0.3 is 16.0 Å². The van der Waals surface area contributed by atoms with Crippen LogP contribution in [0.3, 0.4) is 0 Å². The summed E-state index contributed by atoms with van der Waals surface area (Å²) in [6, 6.07) is 14.6. The van der Waals surface area contributed by atoms with Crippen molar-refractivity contribution in [3.63, 3.8) is 0 Å². The van der Waals surface area contributed by atoms with Gasteiger partial charge in [-0.15, -0.1) is 0 Å². The number of hydrogen-bond donors (Lipinski definition) is 3. The molecule has 29 heavy (non-hydrogen) atoms. The summed E-state index contributed by atoms with van der Waals surface area (Å²) in [7, 11) is 0. The minimum Gasteiger partial charge on any atom is -0.347 e. The van der Waals surface area contributed by atoms with Gasteiger partial charge in [-0.05, 0) is 54.5 Å². The summed E-state index contributed by atoms with van der Waals surface area (Å²) in [4.78, 5) is 25.6. The average Bonchev–Trinajstić information content (AvgIpc) is 2.71. The van der Waals surface area contributed by atoms with Crippen molar-refractivity contribution in [3.05, 3.63) is 64.1 Å². The van der Waals surface area contributed by atoms with Gasteiger partial charge in [-0.25, -0.2) is 4.79 Å². The molecule has 2 aromatic rings. The van der Waals surface area contributed by atoms with Crippen LogP contribution in [0.5, 0.6) is 0 Å². The zero-order valence-corrected chi connectivity index (χ0v) is 18.5. The van der Waals surface area contributed by atoms with E-state index in [4.69, 9.17) is 0 Å². The number of benzene rings is 2. The molecule has 1 aliphatic carbocycles. The maximum Gasteiger partial charge on any atom is 0.319 e. The van der Waals surface area contributed by atoms with Gasteiger partial charge in [0.2, 0.25) is 5.91 Å². The Labute approximate surface area is 180 Å². The third-order valence-electron chi connectivity index (χ3n) is 5.55.